The Labute approximate surface area is 192 Å². The molecule has 0 aromatic heterocycles. The number of hydrogen-bond acceptors (Lipinski definition) is 4. The zero-order valence-electron chi connectivity index (χ0n) is 19.5. The molecular formula is C27H37N3O2. The maximum Gasteiger partial charge on any atom is 0.246 e. The Bertz CT molecular complexity index is 887. The molecule has 5 nitrogen and oxygen atoms in total. The van der Waals surface area contributed by atoms with Crippen molar-refractivity contribution in [1.82, 2.24) is 10.2 Å². The number of nitrogens with one attached hydrogen (secondary N) is 2. The van der Waals surface area contributed by atoms with Gasteiger partial charge in [-0.1, -0.05) is 61.7 Å². The van der Waals surface area contributed by atoms with Gasteiger partial charge in [0.05, 0.1) is 13.2 Å². The summed E-state index contributed by atoms with van der Waals surface area (Å²) in [5, 5.41) is 6.90. The second-order valence-corrected chi connectivity index (χ2v) is 9.42. The van der Waals surface area contributed by atoms with Crippen molar-refractivity contribution in [1.29, 1.82) is 0 Å². The van der Waals surface area contributed by atoms with Gasteiger partial charge in [0.25, 0.3) is 0 Å². The molecule has 4 rings (SSSR count). The van der Waals surface area contributed by atoms with Crippen LogP contribution in [0.5, 0.6) is 0 Å². The average Bonchev–Trinajstić information content (AvgIpc) is 2.83. The molecule has 1 atom stereocenters. The minimum absolute atomic E-state index is 0.00200. The van der Waals surface area contributed by atoms with E-state index in [0.29, 0.717) is 0 Å². The summed E-state index contributed by atoms with van der Waals surface area (Å²) in [6, 6.07) is 15.9. The minimum Gasteiger partial charge on any atom is -0.379 e. The fourth-order valence-electron chi connectivity index (χ4n) is 5.23. The van der Waals surface area contributed by atoms with Crippen LogP contribution in [0.1, 0.15) is 54.8 Å². The molecule has 1 aliphatic heterocycles. The van der Waals surface area contributed by atoms with E-state index in [4.69, 9.17) is 4.74 Å². The first-order valence-corrected chi connectivity index (χ1v) is 12.1. The van der Waals surface area contributed by atoms with Crippen LogP contribution in [-0.4, -0.2) is 49.2 Å². The summed E-state index contributed by atoms with van der Waals surface area (Å²) < 4.78 is 5.63. The number of aryl methyl sites for hydroxylation is 2. The smallest absolute Gasteiger partial charge is 0.246 e. The van der Waals surface area contributed by atoms with Gasteiger partial charge in [-0.05, 0) is 49.4 Å². The third kappa shape index (κ3) is 5.40. The van der Waals surface area contributed by atoms with E-state index in [1.165, 1.54) is 32.1 Å². The van der Waals surface area contributed by atoms with Crippen LogP contribution in [-0.2, 0) is 9.53 Å². The van der Waals surface area contributed by atoms with E-state index >= 15 is 0 Å². The number of ether oxygens (including phenoxy) is 1. The van der Waals surface area contributed by atoms with Crippen molar-refractivity contribution in [2.75, 3.05) is 38.2 Å². The molecule has 0 bridgehead atoms. The van der Waals surface area contributed by atoms with E-state index in [9.17, 15) is 4.79 Å². The van der Waals surface area contributed by atoms with Gasteiger partial charge in [-0.2, -0.15) is 0 Å². The molecule has 1 heterocycles. The molecule has 2 aliphatic rings. The highest BCUT2D eigenvalue weighted by Crippen LogP contribution is 2.34. The Kier molecular flexibility index (Phi) is 7.61. The van der Waals surface area contributed by atoms with Gasteiger partial charge in [0, 0.05) is 30.9 Å². The largest absolute Gasteiger partial charge is 0.379 e. The first-order chi connectivity index (χ1) is 15.6. The van der Waals surface area contributed by atoms with E-state index in [0.717, 1.165) is 55.2 Å². The Morgan fingerprint density at radius 3 is 2.47 bits per heavy atom. The van der Waals surface area contributed by atoms with Crippen LogP contribution in [0.4, 0.5) is 5.69 Å². The minimum atomic E-state index is -0.393. The second kappa shape index (κ2) is 10.6. The number of carbonyl (C=O) groups excluding carboxylic acids is 1. The van der Waals surface area contributed by atoms with E-state index in [-0.39, 0.29) is 11.4 Å². The predicted octanol–water partition coefficient (Wildman–Crippen LogP) is 4.61. The number of benzene rings is 2. The van der Waals surface area contributed by atoms with Crippen LogP contribution in [0.2, 0.25) is 0 Å². The first kappa shape index (κ1) is 23.0. The van der Waals surface area contributed by atoms with Crippen LogP contribution in [0.15, 0.2) is 48.5 Å². The van der Waals surface area contributed by atoms with Gasteiger partial charge in [0.15, 0.2) is 0 Å². The molecule has 172 valence electrons. The molecule has 1 saturated heterocycles. The molecule has 0 spiro atoms. The van der Waals surface area contributed by atoms with Gasteiger partial charge in [-0.15, -0.1) is 0 Å². The van der Waals surface area contributed by atoms with Crippen molar-refractivity contribution >= 4 is 11.6 Å². The van der Waals surface area contributed by atoms with Gasteiger partial charge in [0.1, 0.15) is 6.04 Å². The summed E-state index contributed by atoms with van der Waals surface area (Å²) in [6.45, 7) is 8.46. The Hall–Kier alpha value is -2.21. The summed E-state index contributed by atoms with van der Waals surface area (Å²) in [7, 11) is 0. The van der Waals surface area contributed by atoms with Gasteiger partial charge in [-0.3, -0.25) is 9.69 Å². The summed E-state index contributed by atoms with van der Waals surface area (Å²) in [4.78, 5) is 16.1. The van der Waals surface area contributed by atoms with E-state index in [1.807, 2.05) is 43.3 Å². The Morgan fingerprint density at radius 2 is 1.75 bits per heavy atom. The van der Waals surface area contributed by atoms with E-state index in [2.05, 4.69) is 34.6 Å². The zero-order valence-corrected chi connectivity index (χ0v) is 19.5. The van der Waals surface area contributed by atoms with Gasteiger partial charge < -0.3 is 15.4 Å². The molecule has 1 saturated carbocycles. The lowest BCUT2D eigenvalue weighted by Gasteiger charge is -2.48. The normalized spacial score (nSPS) is 19.9. The average molecular weight is 436 g/mol. The highest BCUT2D eigenvalue weighted by Gasteiger charge is 2.39. The van der Waals surface area contributed by atoms with Crippen molar-refractivity contribution in [3.05, 3.63) is 65.2 Å². The summed E-state index contributed by atoms with van der Waals surface area (Å²) in [6.07, 6.45) is 6.18. The molecule has 0 unspecified atom stereocenters. The Morgan fingerprint density at radius 1 is 1.03 bits per heavy atom. The van der Waals surface area contributed by atoms with Gasteiger partial charge in [-0.25, -0.2) is 0 Å². The predicted molar refractivity (Wildman–Crippen MR) is 130 cm³/mol. The maximum atomic E-state index is 13.5. The monoisotopic (exact) mass is 435 g/mol. The van der Waals surface area contributed by atoms with Crippen LogP contribution in [0.25, 0.3) is 0 Å². The third-order valence-electron chi connectivity index (χ3n) is 7.15. The molecule has 2 N–H and O–H groups in total. The molecule has 2 fully saturated rings. The van der Waals surface area contributed by atoms with Crippen LogP contribution < -0.4 is 10.6 Å². The first-order valence-electron chi connectivity index (χ1n) is 12.1. The summed E-state index contributed by atoms with van der Waals surface area (Å²) >= 11 is 0. The second-order valence-electron chi connectivity index (χ2n) is 9.42. The molecular weight excluding hydrogens is 398 g/mol. The fraction of sp³-hybridized carbons (Fsp3) is 0.519. The molecule has 1 amide bonds. The summed E-state index contributed by atoms with van der Waals surface area (Å²) in [5.74, 6) is -0.00200. The molecule has 2 aromatic carbocycles. The quantitative estimate of drug-likeness (QED) is 0.667. The highest BCUT2D eigenvalue weighted by molar-refractivity contribution is 5.96. The molecule has 0 radical (unpaired) electrons. The zero-order chi connectivity index (χ0) is 22.4. The third-order valence-corrected chi connectivity index (χ3v) is 7.15. The number of rotatable bonds is 7. The number of hydrogen-bond donors (Lipinski definition) is 2. The molecule has 32 heavy (non-hydrogen) atoms. The highest BCUT2D eigenvalue weighted by atomic mass is 16.5. The SMILES string of the molecule is Cc1ccc(C)c(NC(=O)[C@H](NCC2(N3CCOCC3)CCCCC2)c2ccccc2)c1. The number of morpholine rings is 1. The van der Waals surface area contributed by atoms with Gasteiger partial charge in [0.2, 0.25) is 5.91 Å². The molecule has 5 heteroatoms. The molecule has 2 aromatic rings. The topological polar surface area (TPSA) is 53.6 Å². The Balaban J connectivity index is 1.55. The maximum absolute atomic E-state index is 13.5. The molecule has 1 aliphatic carbocycles. The number of amides is 1. The number of carbonyl (C=O) groups is 1. The lowest BCUT2D eigenvalue weighted by Crippen LogP contribution is -2.59. The fourth-order valence-corrected chi connectivity index (χ4v) is 5.23. The van der Waals surface area contributed by atoms with E-state index in [1.54, 1.807) is 0 Å². The van der Waals surface area contributed by atoms with Crippen molar-refractivity contribution < 1.29 is 9.53 Å². The lowest BCUT2D eigenvalue weighted by atomic mass is 9.79. The van der Waals surface area contributed by atoms with Crippen molar-refractivity contribution in [2.24, 2.45) is 0 Å². The van der Waals surface area contributed by atoms with Crippen molar-refractivity contribution in [3.63, 3.8) is 0 Å². The lowest BCUT2D eigenvalue weighted by molar-refractivity contribution is -0.118. The van der Waals surface area contributed by atoms with Crippen LogP contribution in [0.3, 0.4) is 0 Å². The number of nitrogens with zero attached hydrogens (tertiary/aromatic N) is 1. The van der Waals surface area contributed by atoms with Gasteiger partial charge >= 0.3 is 0 Å². The van der Waals surface area contributed by atoms with Crippen molar-refractivity contribution in [2.45, 2.75) is 57.5 Å². The van der Waals surface area contributed by atoms with Crippen molar-refractivity contribution in [3.8, 4) is 0 Å². The number of anilines is 1. The summed E-state index contributed by atoms with van der Waals surface area (Å²) in [5.41, 5.74) is 4.21. The standard InChI is InChI=1S/C27H37N3O2/c1-21-11-12-22(2)24(19-21)29-26(31)25(23-9-5-3-6-10-23)28-20-27(13-7-4-8-14-27)30-15-17-32-18-16-30/h3,5-6,9-12,19,25,28H,4,7-8,13-18,20H2,1-2H3,(H,29,31)/t25-/m1/s1. The van der Waals surface area contributed by atoms with Crippen LogP contribution >= 0.6 is 0 Å². The van der Waals surface area contributed by atoms with E-state index < -0.39 is 6.04 Å². The van der Waals surface area contributed by atoms with Crippen LogP contribution in [0, 0.1) is 13.8 Å².